The van der Waals surface area contributed by atoms with Gasteiger partial charge in [0.15, 0.2) is 0 Å². The van der Waals surface area contributed by atoms with Gasteiger partial charge in [-0.05, 0) is 45.7 Å². The largest absolute Gasteiger partial charge is 0.481 e. The van der Waals surface area contributed by atoms with Crippen LogP contribution in [0, 0.1) is 0 Å². The molecule has 1 aliphatic heterocycles. The van der Waals surface area contributed by atoms with Crippen molar-refractivity contribution in [1.82, 2.24) is 9.88 Å². The number of hydrogen-bond acceptors (Lipinski definition) is 3. The van der Waals surface area contributed by atoms with E-state index in [1.165, 1.54) is 0 Å². The molecular weight excluding hydrogens is 240 g/mol. The van der Waals surface area contributed by atoms with Gasteiger partial charge in [0, 0.05) is 24.8 Å². The Labute approximate surface area is 114 Å². The molecule has 19 heavy (non-hydrogen) atoms. The van der Waals surface area contributed by atoms with Crippen molar-refractivity contribution in [2.24, 2.45) is 0 Å². The first-order chi connectivity index (χ1) is 8.86. The van der Waals surface area contributed by atoms with Crippen molar-refractivity contribution in [3.8, 4) is 0 Å². The van der Waals surface area contributed by atoms with Gasteiger partial charge < -0.3 is 5.11 Å². The summed E-state index contributed by atoms with van der Waals surface area (Å²) in [6.45, 7) is 8.10. The molecule has 0 atom stereocenters. The van der Waals surface area contributed by atoms with Gasteiger partial charge in [0.25, 0.3) is 0 Å². The van der Waals surface area contributed by atoms with E-state index in [1.807, 2.05) is 18.2 Å². The molecule has 0 saturated carbocycles. The van der Waals surface area contributed by atoms with Gasteiger partial charge in [-0.3, -0.25) is 14.7 Å². The molecule has 1 fully saturated rings. The molecule has 0 aromatic carbocycles. The molecule has 2 heterocycles. The number of aliphatic carboxylic acids is 1. The maximum atomic E-state index is 11.8. The van der Waals surface area contributed by atoms with E-state index in [1.54, 1.807) is 6.20 Å². The van der Waals surface area contributed by atoms with E-state index in [-0.39, 0.29) is 5.54 Å². The zero-order valence-electron chi connectivity index (χ0n) is 11.9. The molecule has 0 aliphatic carbocycles. The average molecular weight is 262 g/mol. The molecule has 0 spiro atoms. The van der Waals surface area contributed by atoms with E-state index in [0.717, 1.165) is 13.1 Å². The lowest BCUT2D eigenvalue weighted by atomic mass is 9.74. The van der Waals surface area contributed by atoms with Crippen LogP contribution in [0.25, 0.3) is 0 Å². The number of rotatable bonds is 2. The van der Waals surface area contributed by atoms with Crippen LogP contribution in [0.4, 0.5) is 0 Å². The molecule has 0 bridgehead atoms. The zero-order chi connectivity index (χ0) is 14.1. The van der Waals surface area contributed by atoms with Gasteiger partial charge in [-0.15, -0.1) is 0 Å². The molecule has 104 valence electrons. The van der Waals surface area contributed by atoms with E-state index in [9.17, 15) is 9.90 Å². The quantitative estimate of drug-likeness (QED) is 0.888. The van der Waals surface area contributed by atoms with Crippen molar-refractivity contribution in [3.05, 3.63) is 30.1 Å². The third kappa shape index (κ3) is 2.63. The van der Waals surface area contributed by atoms with E-state index in [0.29, 0.717) is 18.5 Å². The molecule has 2 rings (SSSR count). The van der Waals surface area contributed by atoms with Crippen LogP contribution in [0.2, 0.25) is 0 Å². The molecule has 0 radical (unpaired) electrons. The highest BCUT2D eigenvalue weighted by Gasteiger charge is 2.45. The van der Waals surface area contributed by atoms with Gasteiger partial charge in [-0.1, -0.05) is 6.07 Å². The predicted octanol–water partition coefficient (Wildman–Crippen LogP) is 2.30. The third-order valence-electron chi connectivity index (χ3n) is 4.13. The number of nitrogens with zero attached hydrogens (tertiary/aromatic N) is 2. The molecule has 4 heteroatoms. The first-order valence-electron chi connectivity index (χ1n) is 6.76. The highest BCUT2D eigenvalue weighted by atomic mass is 16.4. The van der Waals surface area contributed by atoms with Crippen molar-refractivity contribution >= 4 is 5.97 Å². The van der Waals surface area contributed by atoms with E-state index in [4.69, 9.17) is 0 Å². The topological polar surface area (TPSA) is 53.4 Å². The van der Waals surface area contributed by atoms with Crippen LogP contribution in [0.3, 0.4) is 0 Å². The number of carboxylic acids is 1. The van der Waals surface area contributed by atoms with Crippen molar-refractivity contribution in [2.45, 2.75) is 44.6 Å². The van der Waals surface area contributed by atoms with Crippen LogP contribution in [0.5, 0.6) is 0 Å². The molecule has 1 aromatic heterocycles. The smallest absolute Gasteiger partial charge is 0.315 e. The Morgan fingerprint density at radius 3 is 2.37 bits per heavy atom. The Kier molecular flexibility index (Phi) is 3.63. The van der Waals surface area contributed by atoms with Crippen LogP contribution in [-0.2, 0) is 10.2 Å². The molecule has 0 amide bonds. The number of piperidine rings is 1. The second-order valence-corrected chi connectivity index (χ2v) is 6.26. The SMILES string of the molecule is CC(C)(C)N1CCC(C(=O)O)(c2ccccn2)CC1. The predicted molar refractivity (Wildman–Crippen MR) is 74.1 cm³/mol. The monoisotopic (exact) mass is 262 g/mol. The summed E-state index contributed by atoms with van der Waals surface area (Å²) >= 11 is 0. The molecule has 1 aliphatic rings. The molecule has 1 saturated heterocycles. The highest BCUT2D eigenvalue weighted by Crippen LogP contribution is 2.36. The first-order valence-corrected chi connectivity index (χ1v) is 6.76. The van der Waals surface area contributed by atoms with Crippen LogP contribution in [-0.4, -0.2) is 39.6 Å². The van der Waals surface area contributed by atoms with Crippen molar-refractivity contribution in [3.63, 3.8) is 0 Å². The van der Waals surface area contributed by atoms with Crippen molar-refractivity contribution in [1.29, 1.82) is 0 Å². The Bertz CT molecular complexity index is 443. The molecule has 4 nitrogen and oxygen atoms in total. The van der Waals surface area contributed by atoms with Crippen LogP contribution in [0.1, 0.15) is 39.3 Å². The van der Waals surface area contributed by atoms with Gasteiger partial charge in [-0.25, -0.2) is 0 Å². The third-order valence-corrected chi connectivity index (χ3v) is 4.13. The van der Waals surface area contributed by atoms with Crippen LogP contribution < -0.4 is 0 Å². The summed E-state index contributed by atoms with van der Waals surface area (Å²) in [5.74, 6) is -0.750. The van der Waals surface area contributed by atoms with Gasteiger partial charge in [-0.2, -0.15) is 0 Å². The minimum absolute atomic E-state index is 0.0920. The molecule has 0 unspecified atom stereocenters. The summed E-state index contributed by atoms with van der Waals surface area (Å²) in [6, 6.07) is 5.52. The van der Waals surface area contributed by atoms with Crippen LogP contribution in [0.15, 0.2) is 24.4 Å². The minimum atomic E-state index is -0.816. The van der Waals surface area contributed by atoms with E-state index in [2.05, 4.69) is 30.7 Å². The van der Waals surface area contributed by atoms with E-state index < -0.39 is 11.4 Å². The maximum Gasteiger partial charge on any atom is 0.315 e. The Hall–Kier alpha value is -1.42. The Morgan fingerprint density at radius 1 is 1.32 bits per heavy atom. The zero-order valence-corrected chi connectivity index (χ0v) is 11.9. The fourth-order valence-electron chi connectivity index (χ4n) is 2.78. The van der Waals surface area contributed by atoms with Gasteiger partial charge in [0.1, 0.15) is 5.41 Å². The molecule has 1 aromatic rings. The first kappa shape index (κ1) is 14.0. The fraction of sp³-hybridized carbons (Fsp3) is 0.600. The second kappa shape index (κ2) is 4.93. The summed E-state index contributed by atoms with van der Waals surface area (Å²) < 4.78 is 0. The minimum Gasteiger partial charge on any atom is -0.481 e. The number of carbonyl (C=O) groups is 1. The normalized spacial score (nSPS) is 20.2. The summed E-state index contributed by atoms with van der Waals surface area (Å²) in [7, 11) is 0. The van der Waals surface area contributed by atoms with Crippen molar-refractivity contribution < 1.29 is 9.90 Å². The lowest BCUT2D eigenvalue weighted by Crippen LogP contribution is -2.53. The maximum absolute atomic E-state index is 11.8. The fourth-order valence-corrected chi connectivity index (χ4v) is 2.78. The molecule has 1 N–H and O–H groups in total. The Balaban J connectivity index is 2.24. The number of hydrogen-bond donors (Lipinski definition) is 1. The Morgan fingerprint density at radius 2 is 1.95 bits per heavy atom. The van der Waals surface area contributed by atoms with Gasteiger partial charge in [0.05, 0.1) is 5.69 Å². The lowest BCUT2D eigenvalue weighted by molar-refractivity contribution is -0.146. The number of pyridine rings is 1. The van der Waals surface area contributed by atoms with E-state index >= 15 is 0 Å². The average Bonchev–Trinajstić information content (AvgIpc) is 2.38. The number of carboxylic acid groups (broad SMARTS) is 1. The van der Waals surface area contributed by atoms with Gasteiger partial charge in [0.2, 0.25) is 0 Å². The molecular formula is C15H22N2O2. The highest BCUT2D eigenvalue weighted by molar-refractivity contribution is 5.80. The summed E-state index contributed by atoms with van der Waals surface area (Å²) in [5, 5.41) is 9.67. The summed E-state index contributed by atoms with van der Waals surface area (Å²) in [5.41, 5.74) is -0.0336. The number of likely N-dealkylation sites (tertiary alicyclic amines) is 1. The van der Waals surface area contributed by atoms with Gasteiger partial charge >= 0.3 is 5.97 Å². The lowest BCUT2D eigenvalue weighted by Gasteiger charge is -2.44. The summed E-state index contributed by atoms with van der Waals surface area (Å²) in [4.78, 5) is 18.4. The summed E-state index contributed by atoms with van der Waals surface area (Å²) in [6.07, 6.45) is 2.92. The van der Waals surface area contributed by atoms with Crippen molar-refractivity contribution in [2.75, 3.05) is 13.1 Å². The number of aromatic nitrogens is 1. The second-order valence-electron chi connectivity index (χ2n) is 6.26. The standard InChI is InChI=1S/C15H22N2O2/c1-14(2,3)17-10-7-15(8-11-17,13(18)19)12-6-4-5-9-16-12/h4-6,9H,7-8,10-11H2,1-3H3,(H,18,19). The van der Waals surface area contributed by atoms with Crippen LogP contribution >= 0.6 is 0 Å².